The van der Waals surface area contributed by atoms with Crippen LogP contribution in [-0.2, 0) is 0 Å². The maximum Gasteiger partial charge on any atom is 0.291 e. The third-order valence-corrected chi connectivity index (χ3v) is 6.90. The summed E-state index contributed by atoms with van der Waals surface area (Å²) in [6, 6.07) is 16.8. The second-order valence-corrected chi connectivity index (χ2v) is 9.52. The molecular weight excluding hydrogens is 470 g/mol. The lowest BCUT2D eigenvalue weighted by Crippen LogP contribution is -2.48. The van der Waals surface area contributed by atoms with Crippen LogP contribution in [0.1, 0.15) is 51.1 Å². The number of aryl methyl sites for hydroxylation is 1. The third-order valence-electron chi connectivity index (χ3n) is 6.90. The summed E-state index contributed by atoms with van der Waals surface area (Å²) in [5, 5.41) is 6.96. The molecular formula is C28H27N5O4. The van der Waals surface area contributed by atoms with Crippen molar-refractivity contribution in [1.29, 1.82) is 0 Å². The lowest BCUT2D eigenvalue weighted by Gasteiger charge is -2.36. The second-order valence-electron chi connectivity index (χ2n) is 9.52. The van der Waals surface area contributed by atoms with Crippen molar-refractivity contribution >= 4 is 23.2 Å². The van der Waals surface area contributed by atoms with E-state index in [4.69, 9.17) is 8.94 Å². The summed E-state index contributed by atoms with van der Waals surface area (Å²) >= 11 is 0. The molecule has 0 spiro atoms. The van der Waals surface area contributed by atoms with Gasteiger partial charge in [-0.25, -0.2) is 0 Å². The Morgan fingerprint density at radius 1 is 1.00 bits per heavy atom. The van der Waals surface area contributed by atoms with Crippen molar-refractivity contribution < 1.29 is 18.5 Å². The lowest BCUT2D eigenvalue weighted by atomic mass is 10.1. The molecule has 1 N–H and O–H groups in total. The first-order chi connectivity index (χ1) is 18.0. The van der Waals surface area contributed by atoms with Crippen molar-refractivity contribution in [3.63, 3.8) is 0 Å². The number of amides is 2. The van der Waals surface area contributed by atoms with E-state index in [0.717, 1.165) is 48.6 Å². The molecule has 2 aliphatic rings. The summed E-state index contributed by atoms with van der Waals surface area (Å²) in [5.41, 5.74) is 4.04. The van der Waals surface area contributed by atoms with Crippen LogP contribution >= 0.6 is 0 Å². The van der Waals surface area contributed by atoms with Crippen LogP contribution in [-0.4, -0.2) is 53.0 Å². The zero-order chi connectivity index (χ0) is 25.4. The summed E-state index contributed by atoms with van der Waals surface area (Å²) in [7, 11) is 0. The van der Waals surface area contributed by atoms with Gasteiger partial charge in [0.15, 0.2) is 5.76 Å². The number of piperazine rings is 1. The Labute approximate surface area is 214 Å². The molecule has 0 radical (unpaired) electrons. The van der Waals surface area contributed by atoms with Crippen LogP contribution in [0.15, 0.2) is 69.8 Å². The maximum absolute atomic E-state index is 13.2. The van der Waals surface area contributed by atoms with E-state index in [1.54, 1.807) is 24.3 Å². The van der Waals surface area contributed by atoms with Gasteiger partial charge < -0.3 is 24.1 Å². The molecule has 9 heteroatoms. The molecule has 6 rings (SSSR count). The van der Waals surface area contributed by atoms with Crippen molar-refractivity contribution in [3.05, 3.63) is 83.6 Å². The smallest absolute Gasteiger partial charge is 0.291 e. The number of benzene rings is 2. The molecule has 1 saturated carbocycles. The zero-order valence-corrected chi connectivity index (χ0v) is 20.5. The number of rotatable bonds is 6. The first-order valence-electron chi connectivity index (χ1n) is 12.5. The van der Waals surface area contributed by atoms with Gasteiger partial charge in [-0.3, -0.25) is 9.59 Å². The molecule has 0 bridgehead atoms. The van der Waals surface area contributed by atoms with E-state index in [0.29, 0.717) is 36.1 Å². The van der Waals surface area contributed by atoms with E-state index in [1.807, 2.05) is 30.0 Å². The summed E-state index contributed by atoms with van der Waals surface area (Å²) in [4.78, 5) is 34.3. The topological polar surface area (TPSA) is 105 Å². The van der Waals surface area contributed by atoms with Gasteiger partial charge in [-0.1, -0.05) is 11.2 Å². The highest BCUT2D eigenvalue weighted by atomic mass is 16.5. The molecule has 37 heavy (non-hydrogen) atoms. The Balaban J connectivity index is 1.07. The van der Waals surface area contributed by atoms with Gasteiger partial charge in [0.1, 0.15) is 0 Å². The van der Waals surface area contributed by atoms with Gasteiger partial charge in [0.2, 0.25) is 11.7 Å². The molecule has 1 aliphatic carbocycles. The fraction of sp³-hybridized carbons (Fsp3) is 0.286. The van der Waals surface area contributed by atoms with E-state index in [-0.39, 0.29) is 17.6 Å². The summed E-state index contributed by atoms with van der Waals surface area (Å²) < 4.78 is 10.5. The molecule has 1 saturated heterocycles. The first-order valence-corrected chi connectivity index (χ1v) is 12.5. The van der Waals surface area contributed by atoms with Gasteiger partial charge in [0.05, 0.1) is 6.26 Å². The Hall–Kier alpha value is -4.40. The minimum Gasteiger partial charge on any atom is -0.459 e. The monoisotopic (exact) mass is 497 g/mol. The van der Waals surface area contributed by atoms with Crippen molar-refractivity contribution in [2.45, 2.75) is 25.7 Å². The Morgan fingerprint density at radius 3 is 2.49 bits per heavy atom. The summed E-state index contributed by atoms with van der Waals surface area (Å²) in [5.74, 6) is 1.63. The molecule has 3 heterocycles. The van der Waals surface area contributed by atoms with E-state index < -0.39 is 0 Å². The van der Waals surface area contributed by atoms with Crippen molar-refractivity contribution in [3.8, 4) is 11.4 Å². The van der Waals surface area contributed by atoms with Crippen molar-refractivity contribution in [2.75, 3.05) is 36.4 Å². The number of nitrogens with one attached hydrogen (secondary N) is 1. The second kappa shape index (κ2) is 9.57. The lowest BCUT2D eigenvalue weighted by molar-refractivity contribution is 0.0746. The number of hydrogen-bond acceptors (Lipinski definition) is 7. The molecule has 2 amide bonds. The van der Waals surface area contributed by atoms with Crippen LogP contribution < -0.4 is 10.2 Å². The van der Waals surface area contributed by atoms with Crippen molar-refractivity contribution in [1.82, 2.24) is 15.0 Å². The molecule has 0 unspecified atom stereocenters. The first kappa shape index (κ1) is 23.0. The van der Waals surface area contributed by atoms with E-state index in [1.165, 1.54) is 6.26 Å². The maximum atomic E-state index is 13.2. The Morgan fingerprint density at radius 2 is 1.78 bits per heavy atom. The number of furan rings is 1. The van der Waals surface area contributed by atoms with Gasteiger partial charge in [-0.15, -0.1) is 0 Å². The number of anilines is 2. The zero-order valence-electron chi connectivity index (χ0n) is 20.5. The fourth-order valence-corrected chi connectivity index (χ4v) is 4.50. The molecule has 9 nitrogen and oxygen atoms in total. The summed E-state index contributed by atoms with van der Waals surface area (Å²) in [6.07, 6.45) is 3.71. The van der Waals surface area contributed by atoms with Gasteiger partial charge in [0.25, 0.3) is 11.8 Å². The molecule has 0 atom stereocenters. The van der Waals surface area contributed by atoms with Crippen LogP contribution in [0.4, 0.5) is 11.4 Å². The fourth-order valence-electron chi connectivity index (χ4n) is 4.50. The van der Waals surface area contributed by atoms with Gasteiger partial charge in [0, 0.05) is 54.6 Å². The van der Waals surface area contributed by atoms with Crippen LogP contribution in [0.2, 0.25) is 0 Å². The number of nitrogens with zero attached hydrogens (tertiary/aromatic N) is 4. The highest BCUT2D eigenvalue weighted by molar-refractivity contribution is 6.04. The predicted molar refractivity (Wildman–Crippen MR) is 138 cm³/mol. The third kappa shape index (κ3) is 4.84. The normalized spacial score (nSPS) is 15.6. The van der Waals surface area contributed by atoms with E-state index in [2.05, 4.69) is 32.5 Å². The summed E-state index contributed by atoms with van der Waals surface area (Å²) in [6.45, 7) is 4.57. The number of aromatic nitrogens is 2. The van der Waals surface area contributed by atoms with Crippen LogP contribution in [0.5, 0.6) is 0 Å². The van der Waals surface area contributed by atoms with Crippen LogP contribution in [0.3, 0.4) is 0 Å². The number of carbonyl (C=O) groups excluding carboxylic acids is 2. The van der Waals surface area contributed by atoms with E-state index in [9.17, 15) is 9.59 Å². The van der Waals surface area contributed by atoms with Crippen molar-refractivity contribution in [2.24, 2.45) is 0 Å². The van der Waals surface area contributed by atoms with Crippen LogP contribution in [0.25, 0.3) is 11.4 Å². The van der Waals surface area contributed by atoms with E-state index >= 15 is 0 Å². The SMILES string of the molecule is Cc1ccc(C(=O)N2CCN(c3ccc(-c4noc(C5CC5)n4)cc3)CC2)cc1NC(=O)c1ccco1. The Bertz CT molecular complexity index is 1420. The van der Waals surface area contributed by atoms with Gasteiger partial charge in [-0.05, 0) is 73.9 Å². The standard InChI is InChI=1S/C28H27N5O4/c1-18-4-5-21(17-23(18)29-26(34)24-3-2-16-36-24)28(35)33-14-12-32(13-15-33)22-10-8-19(9-11-22)25-30-27(37-31-25)20-6-7-20/h2-5,8-11,16-17,20H,6-7,12-15H2,1H3,(H,29,34). The minimum absolute atomic E-state index is 0.0490. The van der Waals surface area contributed by atoms with Gasteiger partial charge in [-0.2, -0.15) is 4.98 Å². The highest BCUT2D eigenvalue weighted by Crippen LogP contribution is 2.39. The number of hydrogen-bond donors (Lipinski definition) is 1. The highest BCUT2D eigenvalue weighted by Gasteiger charge is 2.30. The average Bonchev–Trinajstić information content (AvgIpc) is 3.40. The quantitative estimate of drug-likeness (QED) is 0.411. The molecule has 2 aromatic heterocycles. The molecule has 4 aromatic rings. The Kier molecular flexibility index (Phi) is 5.96. The average molecular weight is 498 g/mol. The predicted octanol–water partition coefficient (Wildman–Crippen LogP) is 4.73. The molecule has 188 valence electrons. The molecule has 2 fully saturated rings. The van der Waals surface area contributed by atoms with Gasteiger partial charge >= 0.3 is 0 Å². The largest absolute Gasteiger partial charge is 0.459 e. The molecule has 2 aromatic carbocycles. The minimum atomic E-state index is -0.347. The van der Waals surface area contributed by atoms with Crippen LogP contribution in [0, 0.1) is 6.92 Å². The molecule has 1 aliphatic heterocycles. The number of carbonyl (C=O) groups is 2.